The lowest BCUT2D eigenvalue weighted by Crippen LogP contribution is -2.47. The lowest BCUT2D eigenvalue weighted by molar-refractivity contribution is -0.145. The summed E-state index contributed by atoms with van der Waals surface area (Å²) < 4.78 is 10.1. The van der Waals surface area contributed by atoms with Gasteiger partial charge in [-0.3, -0.25) is 9.69 Å². The summed E-state index contributed by atoms with van der Waals surface area (Å²) in [5.41, 5.74) is 0. The quantitative estimate of drug-likeness (QED) is 0.586. The van der Waals surface area contributed by atoms with Crippen LogP contribution in [0.5, 0.6) is 0 Å². The number of β-amino-alcohol motifs (C(OH)–C–C–N with tert-alkyl or cyclic N) is 1. The number of aliphatic hydroxyl groups excluding tert-OH is 2. The van der Waals surface area contributed by atoms with Crippen LogP contribution in [0.4, 0.5) is 0 Å². The lowest BCUT2D eigenvalue weighted by Gasteiger charge is -2.33. The van der Waals surface area contributed by atoms with E-state index in [-0.39, 0.29) is 25.1 Å². The number of nitrogens with zero attached hydrogens (tertiary/aromatic N) is 1. The van der Waals surface area contributed by atoms with Crippen LogP contribution >= 0.6 is 0 Å². The number of carbonyl (C=O) groups is 1. The number of hydrogen-bond acceptors (Lipinski definition) is 6. The molecule has 0 aromatic heterocycles. The van der Waals surface area contributed by atoms with Crippen molar-refractivity contribution >= 4 is 5.97 Å². The van der Waals surface area contributed by atoms with Crippen LogP contribution in [0, 0.1) is 0 Å². The molecule has 0 aromatic carbocycles. The number of esters is 1. The first kappa shape index (κ1) is 14.4. The van der Waals surface area contributed by atoms with Crippen molar-refractivity contribution in [2.45, 2.75) is 25.6 Å². The highest BCUT2D eigenvalue weighted by molar-refractivity contribution is 5.69. The lowest BCUT2D eigenvalue weighted by atomic mass is 10.2. The largest absolute Gasteiger partial charge is 0.466 e. The molecule has 1 aliphatic heterocycles. The second-order valence-electron chi connectivity index (χ2n) is 4.10. The summed E-state index contributed by atoms with van der Waals surface area (Å²) in [6, 6.07) is 0. The molecule has 0 spiro atoms. The molecule has 1 rings (SSSR count). The Morgan fingerprint density at radius 1 is 1.65 bits per heavy atom. The van der Waals surface area contributed by atoms with E-state index in [0.29, 0.717) is 32.8 Å². The van der Waals surface area contributed by atoms with Crippen molar-refractivity contribution in [3.63, 3.8) is 0 Å². The molecule has 1 heterocycles. The van der Waals surface area contributed by atoms with Gasteiger partial charge in [0.2, 0.25) is 0 Å². The summed E-state index contributed by atoms with van der Waals surface area (Å²) >= 11 is 0. The van der Waals surface area contributed by atoms with Gasteiger partial charge in [0.1, 0.15) is 0 Å². The van der Waals surface area contributed by atoms with Crippen molar-refractivity contribution in [3.8, 4) is 0 Å². The molecule has 1 saturated heterocycles. The minimum Gasteiger partial charge on any atom is -0.466 e. The summed E-state index contributed by atoms with van der Waals surface area (Å²) in [6.07, 6.45) is -0.917. The highest BCUT2D eigenvalue weighted by atomic mass is 16.5. The fourth-order valence-corrected chi connectivity index (χ4v) is 1.83. The molecule has 17 heavy (non-hydrogen) atoms. The molecule has 2 unspecified atom stereocenters. The number of ether oxygens (including phenoxy) is 2. The molecule has 0 aliphatic carbocycles. The maximum atomic E-state index is 11.2. The second kappa shape index (κ2) is 7.60. The van der Waals surface area contributed by atoms with Gasteiger partial charge in [0.15, 0.2) is 0 Å². The summed E-state index contributed by atoms with van der Waals surface area (Å²) in [7, 11) is 0. The highest BCUT2D eigenvalue weighted by Gasteiger charge is 2.22. The number of aliphatic hydroxyl groups is 2. The molecule has 100 valence electrons. The van der Waals surface area contributed by atoms with Crippen LogP contribution in [0.2, 0.25) is 0 Å². The molecule has 0 aromatic rings. The molecule has 0 bridgehead atoms. The molecule has 0 amide bonds. The Bertz CT molecular complexity index is 236. The van der Waals surface area contributed by atoms with E-state index in [1.807, 2.05) is 4.90 Å². The fraction of sp³-hybridized carbons (Fsp3) is 0.909. The number of hydrogen-bond donors (Lipinski definition) is 2. The van der Waals surface area contributed by atoms with Crippen LogP contribution in [0.25, 0.3) is 0 Å². The molecule has 0 radical (unpaired) electrons. The van der Waals surface area contributed by atoms with Crippen molar-refractivity contribution in [2.75, 3.05) is 39.5 Å². The van der Waals surface area contributed by atoms with Crippen LogP contribution in [-0.2, 0) is 14.3 Å². The Hall–Kier alpha value is -0.690. The minimum atomic E-state index is -0.730. The summed E-state index contributed by atoms with van der Waals surface area (Å²) in [4.78, 5) is 13.1. The number of rotatable bonds is 6. The van der Waals surface area contributed by atoms with E-state index in [9.17, 15) is 9.90 Å². The van der Waals surface area contributed by atoms with Gasteiger partial charge in [0.05, 0.1) is 38.4 Å². The standard InChI is InChI=1S/C11H21NO5/c1-2-16-11(15)5-9(14)6-12-3-4-17-10(7-12)8-13/h9-10,13-14H,2-8H2,1H3. The monoisotopic (exact) mass is 247 g/mol. The zero-order valence-electron chi connectivity index (χ0n) is 10.2. The molecule has 1 fully saturated rings. The first-order valence-corrected chi connectivity index (χ1v) is 5.94. The van der Waals surface area contributed by atoms with Crippen LogP contribution < -0.4 is 0 Å². The predicted molar refractivity (Wildman–Crippen MR) is 60.5 cm³/mol. The topological polar surface area (TPSA) is 79.2 Å². The predicted octanol–water partition coefficient (Wildman–Crippen LogP) is -1.01. The average molecular weight is 247 g/mol. The van der Waals surface area contributed by atoms with Gasteiger partial charge in [-0.25, -0.2) is 0 Å². The Morgan fingerprint density at radius 3 is 3.06 bits per heavy atom. The molecule has 0 saturated carbocycles. The van der Waals surface area contributed by atoms with Gasteiger partial charge in [-0.05, 0) is 6.92 Å². The number of carbonyl (C=O) groups excluding carboxylic acids is 1. The smallest absolute Gasteiger partial charge is 0.308 e. The molecule has 6 nitrogen and oxygen atoms in total. The minimum absolute atomic E-state index is 0.00892. The highest BCUT2D eigenvalue weighted by Crippen LogP contribution is 2.07. The van der Waals surface area contributed by atoms with E-state index < -0.39 is 6.10 Å². The van der Waals surface area contributed by atoms with Crippen molar-refractivity contribution in [1.82, 2.24) is 4.90 Å². The fourth-order valence-electron chi connectivity index (χ4n) is 1.83. The normalized spacial score (nSPS) is 23.4. The molecular weight excluding hydrogens is 226 g/mol. The van der Waals surface area contributed by atoms with E-state index in [1.165, 1.54) is 0 Å². The van der Waals surface area contributed by atoms with Crippen molar-refractivity contribution < 1.29 is 24.5 Å². The van der Waals surface area contributed by atoms with Gasteiger partial charge in [-0.1, -0.05) is 0 Å². The third-order valence-corrected chi connectivity index (χ3v) is 2.60. The van der Waals surface area contributed by atoms with Crippen LogP contribution in [0.3, 0.4) is 0 Å². The van der Waals surface area contributed by atoms with E-state index in [1.54, 1.807) is 6.92 Å². The molecule has 1 aliphatic rings. The first-order chi connectivity index (χ1) is 8.15. The zero-order valence-corrected chi connectivity index (χ0v) is 10.2. The maximum Gasteiger partial charge on any atom is 0.308 e. The SMILES string of the molecule is CCOC(=O)CC(O)CN1CCOC(CO)C1. The molecule has 2 atom stereocenters. The van der Waals surface area contributed by atoms with Crippen molar-refractivity contribution in [1.29, 1.82) is 0 Å². The average Bonchev–Trinajstić information content (AvgIpc) is 2.29. The first-order valence-electron chi connectivity index (χ1n) is 5.94. The Kier molecular flexibility index (Phi) is 6.43. The van der Waals surface area contributed by atoms with Crippen LogP contribution in [-0.4, -0.2) is 72.7 Å². The van der Waals surface area contributed by atoms with Crippen LogP contribution in [0.15, 0.2) is 0 Å². The maximum absolute atomic E-state index is 11.2. The molecular formula is C11H21NO5. The second-order valence-corrected chi connectivity index (χ2v) is 4.10. The van der Waals surface area contributed by atoms with Gasteiger partial charge in [0, 0.05) is 19.6 Å². The van der Waals surface area contributed by atoms with Gasteiger partial charge in [-0.2, -0.15) is 0 Å². The van der Waals surface area contributed by atoms with Crippen molar-refractivity contribution in [3.05, 3.63) is 0 Å². The Labute approximate surface area is 101 Å². The van der Waals surface area contributed by atoms with E-state index in [4.69, 9.17) is 14.6 Å². The number of morpholine rings is 1. The van der Waals surface area contributed by atoms with Gasteiger partial charge >= 0.3 is 5.97 Å². The summed E-state index contributed by atoms with van der Waals surface area (Å²) in [5.74, 6) is -0.382. The summed E-state index contributed by atoms with van der Waals surface area (Å²) in [5, 5.41) is 18.7. The zero-order chi connectivity index (χ0) is 12.7. The Morgan fingerprint density at radius 2 is 2.41 bits per heavy atom. The summed E-state index contributed by atoms with van der Waals surface area (Å²) in [6.45, 7) is 4.26. The van der Waals surface area contributed by atoms with Crippen molar-refractivity contribution in [2.24, 2.45) is 0 Å². The third-order valence-electron chi connectivity index (χ3n) is 2.60. The van der Waals surface area contributed by atoms with Gasteiger partial charge < -0.3 is 19.7 Å². The van der Waals surface area contributed by atoms with Crippen LogP contribution in [0.1, 0.15) is 13.3 Å². The van der Waals surface area contributed by atoms with E-state index >= 15 is 0 Å². The van der Waals surface area contributed by atoms with Gasteiger partial charge in [-0.15, -0.1) is 0 Å². The molecule has 2 N–H and O–H groups in total. The van der Waals surface area contributed by atoms with E-state index in [2.05, 4.69) is 0 Å². The Balaban J connectivity index is 2.25. The van der Waals surface area contributed by atoms with Gasteiger partial charge in [0.25, 0.3) is 0 Å². The van der Waals surface area contributed by atoms with E-state index in [0.717, 1.165) is 0 Å². The molecule has 6 heteroatoms. The third kappa shape index (κ3) is 5.45.